The molecule has 0 saturated heterocycles. The Bertz CT molecular complexity index is 793. The van der Waals surface area contributed by atoms with Gasteiger partial charge in [0.2, 0.25) is 5.91 Å². The van der Waals surface area contributed by atoms with Crippen LogP contribution >= 0.6 is 0 Å². The molecule has 1 aliphatic heterocycles. The molecule has 0 unspecified atom stereocenters. The van der Waals surface area contributed by atoms with Crippen molar-refractivity contribution in [3.05, 3.63) is 59.7 Å². The van der Waals surface area contributed by atoms with Gasteiger partial charge in [0.15, 0.2) is 0 Å². The Hall–Kier alpha value is -3.02. The Morgan fingerprint density at radius 2 is 1.96 bits per heavy atom. The van der Waals surface area contributed by atoms with Crippen LogP contribution in [0.3, 0.4) is 0 Å². The first-order valence-electron chi connectivity index (χ1n) is 9.28. The van der Waals surface area contributed by atoms with Crippen LogP contribution in [-0.4, -0.2) is 36.5 Å². The molecule has 27 heavy (non-hydrogen) atoms. The number of carbonyl (C=O) groups is 2. The Morgan fingerprint density at radius 3 is 2.74 bits per heavy atom. The van der Waals surface area contributed by atoms with E-state index in [1.165, 1.54) is 0 Å². The number of benzene rings is 2. The summed E-state index contributed by atoms with van der Waals surface area (Å²) in [4.78, 5) is 26.2. The van der Waals surface area contributed by atoms with Gasteiger partial charge in [-0.15, -0.1) is 0 Å². The van der Waals surface area contributed by atoms with Crippen molar-refractivity contribution in [1.29, 1.82) is 0 Å². The second-order valence-electron chi connectivity index (χ2n) is 6.46. The molecule has 0 radical (unpaired) electrons. The summed E-state index contributed by atoms with van der Waals surface area (Å²) in [6.45, 7) is 3.93. The largest absolute Gasteiger partial charge is 0.491 e. The number of rotatable bonds is 5. The quantitative estimate of drug-likeness (QED) is 0.853. The third-order valence-electron chi connectivity index (χ3n) is 4.46. The van der Waals surface area contributed by atoms with E-state index in [9.17, 15) is 9.59 Å². The number of nitrogens with one attached hydrogen (secondary N) is 2. The van der Waals surface area contributed by atoms with Crippen LogP contribution in [0, 0.1) is 0 Å². The lowest BCUT2D eigenvalue weighted by atomic mass is 10.1. The maximum absolute atomic E-state index is 12.7. The van der Waals surface area contributed by atoms with E-state index < -0.39 is 0 Å². The van der Waals surface area contributed by atoms with Gasteiger partial charge in [-0.1, -0.05) is 30.3 Å². The molecule has 142 valence electrons. The van der Waals surface area contributed by atoms with Crippen LogP contribution in [0.25, 0.3) is 0 Å². The topological polar surface area (TPSA) is 70.7 Å². The van der Waals surface area contributed by atoms with Crippen LogP contribution in [0.5, 0.6) is 5.75 Å². The summed E-state index contributed by atoms with van der Waals surface area (Å²) in [6.07, 6.45) is 1.19. The maximum atomic E-state index is 12.7. The van der Waals surface area contributed by atoms with Gasteiger partial charge in [-0.3, -0.25) is 4.79 Å². The minimum atomic E-state index is -0.247. The van der Waals surface area contributed by atoms with Gasteiger partial charge in [0, 0.05) is 30.8 Å². The van der Waals surface area contributed by atoms with Crippen molar-refractivity contribution < 1.29 is 14.3 Å². The molecule has 6 nitrogen and oxygen atoms in total. The van der Waals surface area contributed by atoms with Crippen LogP contribution in [0.1, 0.15) is 24.5 Å². The predicted octanol–water partition coefficient (Wildman–Crippen LogP) is 3.18. The maximum Gasteiger partial charge on any atom is 0.319 e. The fraction of sp³-hybridized carbons (Fsp3) is 0.333. The summed E-state index contributed by atoms with van der Waals surface area (Å²) >= 11 is 0. The van der Waals surface area contributed by atoms with Gasteiger partial charge >= 0.3 is 6.03 Å². The molecule has 6 heteroatoms. The highest BCUT2D eigenvalue weighted by atomic mass is 16.5. The highest BCUT2D eigenvalue weighted by molar-refractivity contribution is 5.89. The van der Waals surface area contributed by atoms with E-state index in [0.717, 1.165) is 23.3 Å². The van der Waals surface area contributed by atoms with E-state index in [1.807, 2.05) is 54.3 Å². The number of urea groups is 1. The minimum Gasteiger partial charge on any atom is -0.491 e. The highest BCUT2D eigenvalue weighted by Gasteiger charge is 2.20. The lowest BCUT2D eigenvalue weighted by Gasteiger charge is -2.20. The number of carbonyl (C=O) groups excluding carboxylic acids is 2. The molecule has 0 saturated carbocycles. The van der Waals surface area contributed by atoms with Crippen molar-refractivity contribution in [3.63, 3.8) is 0 Å². The van der Waals surface area contributed by atoms with Gasteiger partial charge in [-0.25, -0.2) is 4.79 Å². The zero-order valence-corrected chi connectivity index (χ0v) is 15.5. The molecule has 0 aliphatic carbocycles. The van der Waals surface area contributed by atoms with Crippen LogP contribution in [0.4, 0.5) is 10.5 Å². The zero-order chi connectivity index (χ0) is 19.1. The number of aryl methyl sites for hydroxylation is 1. The molecule has 2 N–H and O–H groups in total. The average molecular weight is 367 g/mol. The second-order valence-corrected chi connectivity index (χ2v) is 6.46. The molecular weight excluding hydrogens is 342 g/mol. The first-order valence-corrected chi connectivity index (χ1v) is 9.28. The molecular formula is C21H25N3O3. The van der Waals surface area contributed by atoms with Crippen molar-refractivity contribution in [1.82, 2.24) is 10.2 Å². The zero-order valence-electron chi connectivity index (χ0n) is 15.5. The van der Waals surface area contributed by atoms with Gasteiger partial charge in [0.1, 0.15) is 12.4 Å². The molecule has 0 bridgehead atoms. The standard InChI is InChI=1S/C21H25N3O3/c1-2-22-21(26)23-18-9-10-19-17(14-18)15-24(12-13-27-19)20(25)11-8-16-6-4-3-5-7-16/h3-7,9-10,14H,2,8,11-13,15H2,1H3,(H2,22,23,26). The molecule has 3 rings (SSSR count). The first-order chi connectivity index (χ1) is 13.2. The van der Waals surface area contributed by atoms with Crippen molar-refractivity contribution >= 4 is 17.6 Å². The molecule has 0 atom stereocenters. The van der Waals surface area contributed by atoms with Gasteiger partial charge in [0.25, 0.3) is 0 Å². The van der Waals surface area contributed by atoms with Gasteiger partial charge in [-0.05, 0) is 37.1 Å². The number of hydrogen-bond acceptors (Lipinski definition) is 3. The van der Waals surface area contributed by atoms with Crippen LogP contribution in [-0.2, 0) is 17.8 Å². The number of fused-ring (bicyclic) bond motifs is 1. The second kappa shape index (κ2) is 9.07. The lowest BCUT2D eigenvalue weighted by molar-refractivity contribution is -0.131. The normalized spacial score (nSPS) is 13.1. The van der Waals surface area contributed by atoms with E-state index in [2.05, 4.69) is 10.6 Å². The van der Waals surface area contributed by atoms with E-state index in [-0.39, 0.29) is 11.9 Å². The Kier molecular flexibility index (Phi) is 6.30. The van der Waals surface area contributed by atoms with E-state index >= 15 is 0 Å². The van der Waals surface area contributed by atoms with Crippen LogP contribution in [0.2, 0.25) is 0 Å². The van der Waals surface area contributed by atoms with Crippen molar-refractivity contribution in [2.45, 2.75) is 26.3 Å². The number of nitrogens with zero attached hydrogens (tertiary/aromatic N) is 1. The Balaban J connectivity index is 1.65. The summed E-state index contributed by atoms with van der Waals surface area (Å²) < 4.78 is 5.78. The van der Waals surface area contributed by atoms with E-state index in [4.69, 9.17) is 4.74 Å². The average Bonchev–Trinajstić information content (AvgIpc) is 2.89. The first kappa shape index (κ1) is 18.8. The number of anilines is 1. The summed E-state index contributed by atoms with van der Waals surface area (Å²) in [5.41, 5.74) is 2.74. The molecule has 2 aromatic rings. The van der Waals surface area contributed by atoms with E-state index in [1.54, 1.807) is 6.07 Å². The monoisotopic (exact) mass is 367 g/mol. The summed E-state index contributed by atoms with van der Waals surface area (Å²) in [5.74, 6) is 0.868. The summed E-state index contributed by atoms with van der Waals surface area (Å²) in [6, 6.07) is 15.3. The molecule has 1 heterocycles. The van der Waals surface area contributed by atoms with Gasteiger partial charge in [-0.2, -0.15) is 0 Å². The highest BCUT2D eigenvalue weighted by Crippen LogP contribution is 2.27. The SMILES string of the molecule is CCNC(=O)Nc1ccc2c(c1)CN(C(=O)CCc1ccccc1)CCO2. The van der Waals surface area contributed by atoms with Gasteiger partial charge in [0.05, 0.1) is 6.54 Å². The van der Waals surface area contributed by atoms with Crippen molar-refractivity contribution in [3.8, 4) is 5.75 Å². The number of ether oxygens (including phenoxy) is 1. The third kappa shape index (κ3) is 5.23. The molecule has 3 amide bonds. The van der Waals surface area contributed by atoms with E-state index in [0.29, 0.717) is 38.3 Å². The lowest BCUT2D eigenvalue weighted by Crippen LogP contribution is -2.32. The fourth-order valence-electron chi connectivity index (χ4n) is 3.07. The van der Waals surface area contributed by atoms with Crippen LogP contribution in [0.15, 0.2) is 48.5 Å². The molecule has 0 spiro atoms. The molecule has 2 aromatic carbocycles. The Labute approximate surface area is 159 Å². The fourth-order valence-corrected chi connectivity index (χ4v) is 3.07. The molecule has 0 aromatic heterocycles. The van der Waals surface area contributed by atoms with Gasteiger partial charge < -0.3 is 20.3 Å². The summed E-state index contributed by atoms with van der Waals surface area (Å²) in [5, 5.41) is 5.49. The number of amides is 3. The van der Waals surface area contributed by atoms with Crippen molar-refractivity contribution in [2.24, 2.45) is 0 Å². The Morgan fingerprint density at radius 1 is 1.15 bits per heavy atom. The predicted molar refractivity (Wildman–Crippen MR) is 105 cm³/mol. The number of hydrogen-bond donors (Lipinski definition) is 2. The molecule has 1 aliphatic rings. The minimum absolute atomic E-state index is 0.109. The smallest absolute Gasteiger partial charge is 0.319 e. The molecule has 0 fully saturated rings. The van der Waals surface area contributed by atoms with Crippen molar-refractivity contribution in [2.75, 3.05) is 25.0 Å². The third-order valence-corrected chi connectivity index (χ3v) is 4.46. The van der Waals surface area contributed by atoms with Crippen LogP contribution < -0.4 is 15.4 Å². The summed E-state index contributed by atoms with van der Waals surface area (Å²) in [7, 11) is 0.